The Balaban J connectivity index is 1.73. The molecule has 1 saturated heterocycles. The number of nitrogen functional groups attached to an aromatic ring is 1. The van der Waals surface area contributed by atoms with Crippen LogP contribution in [0.15, 0.2) is 6.33 Å². The predicted octanol–water partition coefficient (Wildman–Crippen LogP) is 2.98. The third kappa shape index (κ3) is 4.42. The van der Waals surface area contributed by atoms with Crippen LogP contribution >= 0.6 is 19.2 Å². The number of aromatic nitrogens is 4. The monoisotopic (exact) mass is 419 g/mol. The zero-order valence-electron chi connectivity index (χ0n) is 15.4. The number of hydrogen-bond acceptors (Lipinski definition) is 9. The van der Waals surface area contributed by atoms with Crippen LogP contribution in [-0.2, 0) is 23.1 Å². The average Bonchev–Trinajstić information content (AvgIpc) is 3.17. The van der Waals surface area contributed by atoms with E-state index in [0.717, 1.165) is 0 Å². The van der Waals surface area contributed by atoms with E-state index in [1.54, 1.807) is 24.7 Å². The van der Waals surface area contributed by atoms with Crippen LogP contribution in [0, 0.1) is 0 Å². The summed E-state index contributed by atoms with van der Waals surface area (Å²) in [5.74, 6) is 0.0479. The second-order valence-corrected chi connectivity index (χ2v) is 8.50. The molecule has 1 fully saturated rings. The van der Waals surface area contributed by atoms with Crippen molar-refractivity contribution in [3.8, 4) is 0 Å². The summed E-state index contributed by atoms with van der Waals surface area (Å²) in [6.07, 6.45) is 0.784. The minimum absolute atomic E-state index is 0.0479. The molecule has 3 heterocycles. The Morgan fingerprint density at radius 2 is 2.00 bits per heavy atom. The molecule has 0 spiro atoms. The van der Waals surface area contributed by atoms with E-state index in [4.69, 9.17) is 35.9 Å². The minimum atomic E-state index is -3.16. The van der Waals surface area contributed by atoms with Gasteiger partial charge in [-0.25, -0.2) is 4.98 Å². The molecule has 2 N–H and O–H groups in total. The van der Waals surface area contributed by atoms with Gasteiger partial charge in [-0.1, -0.05) is 11.6 Å². The van der Waals surface area contributed by atoms with Crippen LogP contribution in [0.2, 0.25) is 5.15 Å². The molecule has 3 rings (SSSR count). The third-order valence-corrected chi connectivity index (χ3v) is 6.39. The van der Waals surface area contributed by atoms with Crippen molar-refractivity contribution in [3.63, 3.8) is 0 Å². The van der Waals surface area contributed by atoms with E-state index in [0.29, 0.717) is 30.8 Å². The van der Waals surface area contributed by atoms with Gasteiger partial charge in [0.1, 0.15) is 11.6 Å². The molecular weight excluding hydrogens is 397 g/mol. The van der Waals surface area contributed by atoms with Gasteiger partial charge < -0.3 is 24.3 Å². The Labute approximate surface area is 161 Å². The van der Waals surface area contributed by atoms with Crippen molar-refractivity contribution in [1.82, 2.24) is 19.5 Å². The van der Waals surface area contributed by atoms with Crippen molar-refractivity contribution in [2.75, 3.05) is 25.1 Å². The van der Waals surface area contributed by atoms with Gasteiger partial charge in [0.15, 0.2) is 23.3 Å². The molecule has 150 valence electrons. The highest BCUT2D eigenvalue weighted by Gasteiger charge is 2.37. The molecule has 12 heteroatoms. The third-order valence-electron chi connectivity index (χ3n) is 4.02. The number of hydrogen-bond donors (Lipinski definition) is 1. The van der Waals surface area contributed by atoms with Gasteiger partial charge in [0.2, 0.25) is 5.95 Å². The summed E-state index contributed by atoms with van der Waals surface area (Å²) in [7, 11) is -3.16. The van der Waals surface area contributed by atoms with Crippen LogP contribution in [0.5, 0.6) is 0 Å². The maximum Gasteiger partial charge on any atom is 0.330 e. The zero-order chi connectivity index (χ0) is 19.6. The van der Waals surface area contributed by atoms with E-state index < -0.39 is 20.1 Å². The Bertz CT molecular complexity index is 839. The van der Waals surface area contributed by atoms with Crippen molar-refractivity contribution < 1.29 is 23.1 Å². The van der Waals surface area contributed by atoms with E-state index in [1.807, 2.05) is 6.92 Å². The number of nitrogens with zero attached hydrogens (tertiary/aromatic N) is 4. The van der Waals surface area contributed by atoms with Crippen LogP contribution in [0.1, 0.15) is 33.4 Å². The lowest BCUT2D eigenvalue weighted by Gasteiger charge is -2.18. The molecule has 0 aliphatic carbocycles. The number of anilines is 1. The summed E-state index contributed by atoms with van der Waals surface area (Å²) in [6.45, 7) is 6.04. The van der Waals surface area contributed by atoms with Gasteiger partial charge in [-0.15, -0.1) is 0 Å². The molecule has 1 aliphatic heterocycles. The molecule has 0 saturated carbocycles. The quantitative estimate of drug-likeness (QED) is 0.507. The predicted molar refractivity (Wildman–Crippen MR) is 99.5 cm³/mol. The first-order chi connectivity index (χ1) is 12.9. The first-order valence-corrected chi connectivity index (χ1v) is 10.8. The fourth-order valence-electron chi connectivity index (χ4n) is 2.94. The van der Waals surface area contributed by atoms with Gasteiger partial charge in [-0.3, -0.25) is 9.13 Å². The highest BCUT2D eigenvalue weighted by atomic mass is 35.5. The molecule has 0 amide bonds. The molecule has 1 aliphatic rings. The number of nitrogens with two attached hydrogens (primary N) is 1. The number of imidazole rings is 1. The van der Waals surface area contributed by atoms with Crippen molar-refractivity contribution in [2.45, 2.75) is 45.8 Å². The lowest BCUT2D eigenvalue weighted by molar-refractivity contribution is -0.0750. The number of ether oxygens (including phenoxy) is 2. The molecule has 0 bridgehead atoms. The van der Waals surface area contributed by atoms with Crippen molar-refractivity contribution >= 4 is 36.3 Å². The van der Waals surface area contributed by atoms with Crippen LogP contribution in [-0.4, -0.2) is 51.3 Å². The molecule has 3 atom stereocenters. The van der Waals surface area contributed by atoms with E-state index in [9.17, 15) is 4.57 Å². The van der Waals surface area contributed by atoms with Crippen LogP contribution in [0.25, 0.3) is 11.2 Å². The summed E-state index contributed by atoms with van der Waals surface area (Å²) in [6, 6.07) is 0. The number of fused-ring (bicyclic) bond motifs is 1. The lowest BCUT2D eigenvalue weighted by atomic mass is 10.3. The van der Waals surface area contributed by atoms with Crippen molar-refractivity contribution in [1.29, 1.82) is 0 Å². The first kappa shape index (κ1) is 20.4. The lowest BCUT2D eigenvalue weighted by Crippen LogP contribution is -2.17. The van der Waals surface area contributed by atoms with Crippen molar-refractivity contribution in [2.24, 2.45) is 0 Å². The smallest absolute Gasteiger partial charge is 0.330 e. The standard InChI is InChI=1S/C15H23ClN5O5P/c1-4-23-27(22,24-5-2)7-6-10-25-9(3)14(26-10)21-8-18-11-12(16)19-15(17)20-13(11)21/h8-10,14H,4-7H2,1-3H3,(H2,17,19,20)/t9-,10-,14-/m1/s1. The summed E-state index contributed by atoms with van der Waals surface area (Å²) in [5.41, 5.74) is 6.58. The summed E-state index contributed by atoms with van der Waals surface area (Å²) in [5, 5.41) is 0.175. The summed E-state index contributed by atoms with van der Waals surface area (Å²) in [4.78, 5) is 12.3. The van der Waals surface area contributed by atoms with E-state index in [2.05, 4.69) is 15.0 Å². The van der Waals surface area contributed by atoms with Crippen LogP contribution in [0.4, 0.5) is 5.95 Å². The zero-order valence-corrected chi connectivity index (χ0v) is 17.0. The van der Waals surface area contributed by atoms with Gasteiger partial charge in [-0.2, -0.15) is 9.97 Å². The molecule has 2 aromatic rings. The van der Waals surface area contributed by atoms with Crippen LogP contribution in [0.3, 0.4) is 0 Å². The Morgan fingerprint density at radius 3 is 2.67 bits per heavy atom. The highest BCUT2D eigenvalue weighted by molar-refractivity contribution is 7.53. The fourth-order valence-corrected chi connectivity index (χ4v) is 4.81. The normalized spacial score (nSPS) is 23.3. The van der Waals surface area contributed by atoms with E-state index in [1.165, 1.54) is 0 Å². The summed E-state index contributed by atoms with van der Waals surface area (Å²) >= 11 is 6.07. The van der Waals surface area contributed by atoms with Gasteiger partial charge in [0.25, 0.3) is 0 Å². The molecule has 2 aromatic heterocycles. The average molecular weight is 420 g/mol. The molecule has 10 nitrogen and oxygen atoms in total. The van der Waals surface area contributed by atoms with Gasteiger partial charge in [0, 0.05) is 6.42 Å². The van der Waals surface area contributed by atoms with Crippen molar-refractivity contribution in [3.05, 3.63) is 11.5 Å². The van der Waals surface area contributed by atoms with E-state index >= 15 is 0 Å². The van der Waals surface area contributed by atoms with Gasteiger partial charge in [-0.05, 0) is 20.8 Å². The highest BCUT2D eigenvalue weighted by Crippen LogP contribution is 2.49. The van der Waals surface area contributed by atoms with E-state index in [-0.39, 0.29) is 23.4 Å². The van der Waals surface area contributed by atoms with Gasteiger partial charge >= 0.3 is 7.60 Å². The topological polar surface area (TPSA) is 124 Å². The molecular formula is C15H23ClN5O5P. The molecule has 0 unspecified atom stereocenters. The number of halogens is 1. The molecule has 27 heavy (non-hydrogen) atoms. The summed E-state index contributed by atoms with van der Waals surface area (Å²) < 4.78 is 36.7. The second kappa shape index (κ2) is 8.38. The Morgan fingerprint density at radius 1 is 1.30 bits per heavy atom. The maximum absolute atomic E-state index is 12.6. The molecule has 0 aromatic carbocycles. The van der Waals surface area contributed by atoms with Crippen LogP contribution < -0.4 is 5.73 Å². The van der Waals surface area contributed by atoms with Gasteiger partial charge in [0.05, 0.1) is 25.7 Å². The fraction of sp³-hybridized carbons (Fsp3) is 0.667. The Hall–Kier alpha value is -1.29. The molecule has 0 radical (unpaired) electrons. The first-order valence-electron chi connectivity index (χ1n) is 8.71. The minimum Gasteiger partial charge on any atom is -0.368 e. The maximum atomic E-state index is 12.6. The number of rotatable bonds is 8. The SMILES string of the molecule is CCOP(=O)(CC[C@H]1O[C@@H](n2cnc3c(Cl)nc(N)nc32)[C@@H](C)O1)OCC. The largest absolute Gasteiger partial charge is 0.368 e. The second-order valence-electron chi connectivity index (χ2n) is 5.95. The Kier molecular flexibility index (Phi) is 6.35.